The second kappa shape index (κ2) is 8.44. The minimum atomic E-state index is -3.22. The molecule has 2 aromatic carbocycles. The molecule has 0 unspecified atom stereocenters. The van der Waals surface area contributed by atoms with Crippen molar-refractivity contribution in [3.63, 3.8) is 0 Å². The Hall–Kier alpha value is -2.86. The molecule has 28 heavy (non-hydrogen) atoms. The van der Waals surface area contributed by atoms with Crippen LogP contribution in [0.2, 0.25) is 0 Å². The minimum Gasteiger partial charge on any atom is -0.461 e. The highest BCUT2D eigenvalue weighted by molar-refractivity contribution is 7.90. The highest BCUT2D eigenvalue weighted by Gasteiger charge is 2.13. The second-order valence-corrected chi connectivity index (χ2v) is 8.78. The SMILES string of the molecule is C[C@@H](NC(=O)CCc1ccc(-c2ccccc2)o1)c1ccc(S(C)(=O)=O)cc1. The van der Waals surface area contributed by atoms with Crippen LogP contribution < -0.4 is 5.32 Å². The van der Waals surface area contributed by atoms with Crippen molar-refractivity contribution in [1.82, 2.24) is 5.32 Å². The minimum absolute atomic E-state index is 0.0858. The number of carbonyl (C=O) groups is 1. The number of furan rings is 1. The Labute approximate surface area is 165 Å². The predicted octanol–water partition coefficient (Wildman–Crippen LogP) is 4.16. The van der Waals surface area contributed by atoms with Crippen molar-refractivity contribution in [2.24, 2.45) is 0 Å². The lowest BCUT2D eigenvalue weighted by atomic mass is 10.1. The summed E-state index contributed by atoms with van der Waals surface area (Å²) >= 11 is 0. The summed E-state index contributed by atoms with van der Waals surface area (Å²) in [4.78, 5) is 12.5. The second-order valence-electron chi connectivity index (χ2n) is 6.76. The third kappa shape index (κ3) is 5.10. The van der Waals surface area contributed by atoms with E-state index in [1.165, 1.54) is 6.26 Å². The summed E-state index contributed by atoms with van der Waals surface area (Å²) in [5, 5.41) is 2.93. The zero-order valence-electron chi connectivity index (χ0n) is 15.9. The van der Waals surface area contributed by atoms with Gasteiger partial charge in [-0.2, -0.15) is 0 Å². The van der Waals surface area contributed by atoms with Crippen LogP contribution in [0.3, 0.4) is 0 Å². The van der Waals surface area contributed by atoms with Crippen LogP contribution in [0.1, 0.15) is 30.7 Å². The van der Waals surface area contributed by atoms with Crippen molar-refractivity contribution < 1.29 is 17.6 Å². The van der Waals surface area contributed by atoms with Gasteiger partial charge in [-0.1, -0.05) is 42.5 Å². The molecule has 1 atom stereocenters. The summed E-state index contributed by atoms with van der Waals surface area (Å²) in [6, 6.07) is 20.0. The van der Waals surface area contributed by atoms with Gasteiger partial charge in [0.25, 0.3) is 0 Å². The van der Waals surface area contributed by atoms with Crippen molar-refractivity contribution >= 4 is 15.7 Å². The van der Waals surface area contributed by atoms with Gasteiger partial charge < -0.3 is 9.73 Å². The van der Waals surface area contributed by atoms with E-state index >= 15 is 0 Å². The van der Waals surface area contributed by atoms with Crippen LogP contribution in [0.25, 0.3) is 11.3 Å². The molecule has 0 radical (unpaired) electrons. The molecular formula is C22H23NO4S. The first-order valence-electron chi connectivity index (χ1n) is 9.06. The molecular weight excluding hydrogens is 374 g/mol. The fourth-order valence-corrected chi connectivity index (χ4v) is 3.54. The van der Waals surface area contributed by atoms with E-state index in [0.717, 1.165) is 22.6 Å². The average Bonchev–Trinajstić information content (AvgIpc) is 3.15. The van der Waals surface area contributed by atoms with Gasteiger partial charge in [0.15, 0.2) is 9.84 Å². The van der Waals surface area contributed by atoms with E-state index in [1.54, 1.807) is 24.3 Å². The zero-order valence-corrected chi connectivity index (χ0v) is 16.7. The molecule has 1 aromatic heterocycles. The summed E-state index contributed by atoms with van der Waals surface area (Å²) in [6.07, 6.45) is 2.00. The zero-order chi connectivity index (χ0) is 20.1. The molecule has 146 valence electrons. The lowest BCUT2D eigenvalue weighted by molar-refractivity contribution is -0.121. The van der Waals surface area contributed by atoms with Gasteiger partial charge in [0.05, 0.1) is 10.9 Å². The Balaban J connectivity index is 1.54. The Morgan fingerprint density at radius 1 is 1.00 bits per heavy atom. The molecule has 0 spiro atoms. The predicted molar refractivity (Wildman–Crippen MR) is 109 cm³/mol. The van der Waals surface area contributed by atoms with E-state index in [-0.39, 0.29) is 16.8 Å². The number of carbonyl (C=O) groups excluding carboxylic acids is 1. The number of hydrogen-bond acceptors (Lipinski definition) is 4. The maximum Gasteiger partial charge on any atom is 0.220 e. The number of aryl methyl sites for hydroxylation is 1. The summed E-state index contributed by atoms with van der Waals surface area (Å²) in [7, 11) is -3.22. The maximum atomic E-state index is 12.3. The van der Waals surface area contributed by atoms with E-state index in [1.807, 2.05) is 49.4 Å². The van der Waals surface area contributed by atoms with Crippen LogP contribution >= 0.6 is 0 Å². The van der Waals surface area contributed by atoms with Gasteiger partial charge in [-0.15, -0.1) is 0 Å². The standard InChI is InChI=1S/C22H23NO4S/c1-16(17-8-12-20(13-9-17)28(2,25)26)23-22(24)15-11-19-10-14-21(27-19)18-6-4-3-5-7-18/h3-10,12-14,16H,11,15H2,1-2H3,(H,23,24)/t16-/m1/s1. The van der Waals surface area contributed by atoms with Crippen molar-refractivity contribution in [1.29, 1.82) is 0 Å². The van der Waals surface area contributed by atoms with E-state index in [0.29, 0.717) is 12.8 Å². The lowest BCUT2D eigenvalue weighted by Crippen LogP contribution is -2.26. The molecule has 3 aromatic rings. The highest BCUT2D eigenvalue weighted by atomic mass is 32.2. The van der Waals surface area contributed by atoms with Crippen molar-refractivity contribution in [2.45, 2.75) is 30.7 Å². The third-order valence-corrected chi connectivity index (χ3v) is 5.63. The molecule has 1 heterocycles. The Morgan fingerprint density at radius 2 is 1.68 bits per heavy atom. The monoisotopic (exact) mass is 397 g/mol. The van der Waals surface area contributed by atoms with E-state index in [9.17, 15) is 13.2 Å². The number of hydrogen-bond donors (Lipinski definition) is 1. The molecule has 5 nitrogen and oxygen atoms in total. The van der Waals surface area contributed by atoms with Gasteiger partial charge in [0, 0.05) is 24.7 Å². The Kier molecular flexibility index (Phi) is 5.99. The molecule has 0 fully saturated rings. The van der Waals surface area contributed by atoms with Crippen LogP contribution in [0.5, 0.6) is 0 Å². The number of benzene rings is 2. The van der Waals surface area contributed by atoms with E-state index < -0.39 is 9.84 Å². The molecule has 0 bridgehead atoms. The van der Waals surface area contributed by atoms with Crippen molar-refractivity contribution in [3.05, 3.63) is 78.1 Å². The van der Waals surface area contributed by atoms with Crippen LogP contribution in [0.15, 0.2) is 76.0 Å². The number of amides is 1. The van der Waals surface area contributed by atoms with Gasteiger partial charge in [-0.3, -0.25) is 4.79 Å². The van der Waals surface area contributed by atoms with Gasteiger partial charge in [0.2, 0.25) is 5.91 Å². The molecule has 1 N–H and O–H groups in total. The van der Waals surface area contributed by atoms with Crippen LogP contribution in [0, 0.1) is 0 Å². The average molecular weight is 397 g/mol. The fraction of sp³-hybridized carbons (Fsp3) is 0.227. The number of sulfone groups is 1. The van der Waals surface area contributed by atoms with Gasteiger partial charge in [-0.05, 0) is 36.8 Å². The van der Waals surface area contributed by atoms with Crippen LogP contribution in [-0.4, -0.2) is 20.6 Å². The van der Waals surface area contributed by atoms with Crippen LogP contribution in [0.4, 0.5) is 0 Å². The smallest absolute Gasteiger partial charge is 0.220 e. The molecule has 0 aliphatic heterocycles. The topological polar surface area (TPSA) is 76.4 Å². The van der Waals surface area contributed by atoms with Crippen molar-refractivity contribution in [2.75, 3.05) is 6.26 Å². The Bertz CT molecular complexity index is 1040. The largest absolute Gasteiger partial charge is 0.461 e. The molecule has 0 aliphatic rings. The quantitative estimate of drug-likeness (QED) is 0.649. The summed E-state index contributed by atoms with van der Waals surface area (Å²) in [5.74, 6) is 1.46. The maximum absolute atomic E-state index is 12.3. The first-order chi connectivity index (χ1) is 13.3. The molecule has 0 saturated carbocycles. The molecule has 0 saturated heterocycles. The number of rotatable bonds is 7. The summed E-state index contributed by atoms with van der Waals surface area (Å²) < 4.78 is 28.9. The molecule has 1 amide bonds. The van der Waals surface area contributed by atoms with E-state index in [2.05, 4.69) is 5.32 Å². The normalized spacial score (nSPS) is 12.5. The van der Waals surface area contributed by atoms with Crippen LogP contribution in [-0.2, 0) is 21.1 Å². The molecule has 3 rings (SSSR count). The Morgan fingerprint density at radius 3 is 2.32 bits per heavy atom. The summed E-state index contributed by atoms with van der Waals surface area (Å²) in [6.45, 7) is 1.87. The van der Waals surface area contributed by atoms with E-state index in [4.69, 9.17) is 4.42 Å². The molecule has 0 aliphatic carbocycles. The van der Waals surface area contributed by atoms with Gasteiger partial charge >= 0.3 is 0 Å². The third-order valence-electron chi connectivity index (χ3n) is 4.50. The molecule has 6 heteroatoms. The lowest BCUT2D eigenvalue weighted by Gasteiger charge is -2.14. The summed E-state index contributed by atoms with van der Waals surface area (Å²) in [5.41, 5.74) is 1.86. The van der Waals surface area contributed by atoms with Gasteiger partial charge in [-0.25, -0.2) is 8.42 Å². The first kappa shape index (κ1) is 19.9. The highest BCUT2D eigenvalue weighted by Crippen LogP contribution is 2.22. The number of nitrogens with one attached hydrogen (secondary N) is 1. The van der Waals surface area contributed by atoms with Crippen molar-refractivity contribution in [3.8, 4) is 11.3 Å². The first-order valence-corrected chi connectivity index (χ1v) is 11.0. The fourth-order valence-electron chi connectivity index (χ4n) is 2.91. The van der Waals surface area contributed by atoms with Gasteiger partial charge in [0.1, 0.15) is 11.5 Å².